The Bertz CT molecular complexity index is 331. The highest BCUT2D eigenvalue weighted by atomic mass is 16.1. The Morgan fingerprint density at radius 3 is 2.87 bits per heavy atom. The molecule has 0 aliphatic carbocycles. The van der Waals surface area contributed by atoms with Gasteiger partial charge in [0.2, 0.25) is 0 Å². The lowest BCUT2D eigenvalue weighted by Crippen LogP contribution is -2.05. The molecule has 0 fully saturated rings. The summed E-state index contributed by atoms with van der Waals surface area (Å²) in [4.78, 5) is 11.3. The maximum Gasteiger partial charge on any atom is 0.165 e. The van der Waals surface area contributed by atoms with Crippen LogP contribution in [0.4, 0.5) is 5.82 Å². The molecule has 1 aromatic heterocycles. The highest BCUT2D eigenvalue weighted by Crippen LogP contribution is 2.13. The van der Waals surface area contributed by atoms with E-state index in [0.717, 1.165) is 13.0 Å². The summed E-state index contributed by atoms with van der Waals surface area (Å²) < 4.78 is 1.67. The fourth-order valence-electron chi connectivity index (χ4n) is 1.46. The molecule has 0 atom stereocenters. The molecule has 84 valence electrons. The summed E-state index contributed by atoms with van der Waals surface area (Å²) in [6.07, 6.45) is 5.27. The minimum absolute atomic E-state index is 0.0566. The van der Waals surface area contributed by atoms with Gasteiger partial charge in [-0.25, -0.2) is 0 Å². The highest BCUT2D eigenvalue weighted by molar-refractivity contribution is 5.98. The first-order valence-corrected chi connectivity index (χ1v) is 5.43. The number of hydrogen-bond donors (Lipinski definition) is 1. The van der Waals surface area contributed by atoms with Crippen LogP contribution in [0.2, 0.25) is 0 Å². The van der Waals surface area contributed by atoms with Crippen LogP contribution in [0.25, 0.3) is 0 Å². The molecule has 0 aliphatic heterocycles. The Hall–Kier alpha value is -1.32. The van der Waals surface area contributed by atoms with Gasteiger partial charge in [0.15, 0.2) is 11.6 Å². The lowest BCUT2D eigenvalue weighted by atomic mass is 10.2. The third-order valence-corrected chi connectivity index (χ3v) is 2.28. The number of ketones is 1. The van der Waals surface area contributed by atoms with Crippen molar-refractivity contribution in [3.63, 3.8) is 0 Å². The van der Waals surface area contributed by atoms with Crippen LogP contribution in [0.3, 0.4) is 0 Å². The first kappa shape index (κ1) is 11.8. The van der Waals surface area contributed by atoms with Gasteiger partial charge in [-0.15, -0.1) is 0 Å². The van der Waals surface area contributed by atoms with Crippen LogP contribution in [-0.2, 0) is 7.05 Å². The average Bonchev–Trinajstić information content (AvgIpc) is 2.55. The molecule has 0 amide bonds. The number of aromatic nitrogens is 2. The van der Waals surface area contributed by atoms with Gasteiger partial charge in [-0.1, -0.05) is 19.8 Å². The number of anilines is 1. The first-order chi connectivity index (χ1) is 7.15. The molecule has 0 aliphatic rings. The SMILES string of the molecule is CCCCCNc1nn(C)cc1C(C)=O. The van der Waals surface area contributed by atoms with Gasteiger partial charge in [0.1, 0.15) is 0 Å². The number of rotatable bonds is 6. The molecule has 1 rings (SSSR count). The lowest BCUT2D eigenvalue weighted by Gasteiger charge is -2.03. The number of nitrogens with zero attached hydrogens (tertiary/aromatic N) is 2. The molecule has 0 unspecified atom stereocenters. The second-order valence-electron chi connectivity index (χ2n) is 3.76. The average molecular weight is 209 g/mol. The summed E-state index contributed by atoms with van der Waals surface area (Å²) in [5.41, 5.74) is 0.675. The Labute approximate surface area is 90.7 Å². The van der Waals surface area contributed by atoms with Gasteiger partial charge in [-0.05, 0) is 13.3 Å². The monoisotopic (exact) mass is 209 g/mol. The van der Waals surface area contributed by atoms with Gasteiger partial charge in [0.25, 0.3) is 0 Å². The highest BCUT2D eigenvalue weighted by Gasteiger charge is 2.10. The molecule has 0 aromatic carbocycles. The number of carbonyl (C=O) groups excluding carboxylic acids is 1. The van der Waals surface area contributed by atoms with E-state index >= 15 is 0 Å². The van der Waals surface area contributed by atoms with Gasteiger partial charge in [0, 0.05) is 19.8 Å². The maximum absolute atomic E-state index is 11.3. The number of Topliss-reactive ketones (excluding diaryl/α,β-unsaturated/α-hetero) is 1. The first-order valence-electron chi connectivity index (χ1n) is 5.43. The van der Waals surface area contributed by atoms with Crippen LogP contribution >= 0.6 is 0 Å². The normalized spacial score (nSPS) is 10.3. The molecule has 0 saturated heterocycles. The Balaban J connectivity index is 2.55. The molecule has 1 aromatic rings. The standard InChI is InChI=1S/C11H19N3O/c1-4-5-6-7-12-11-10(9(2)15)8-14(3)13-11/h8H,4-7H2,1-3H3,(H,12,13). The van der Waals surface area contributed by atoms with Crippen molar-refractivity contribution in [2.24, 2.45) is 7.05 Å². The maximum atomic E-state index is 11.3. The minimum Gasteiger partial charge on any atom is -0.368 e. The number of carbonyl (C=O) groups is 1. The molecule has 0 radical (unpaired) electrons. The van der Waals surface area contributed by atoms with Crippen molar-refractivity contribution in [2.45, 2.75) is 33.1 Å². The van der Waals surface area contributed by atoms with Crippen molar-refractivity contribution < 1.29 is 4.79 Å². The second-order valence-corrected chi connectivity index (χ2v) is 3.76. The Morgan fingerprint density at radius 1 is 1.53 bits per heavy atom. The Kier molecular flexibility index (Phi) is 4.34. The van der Waals surface area contributed by atoms with Crippen LogP contribution in [-0.4, -0.2) is 22.1 Å². The van der Waals surface area contributed by atoms with Crippen LogP contribution in [0.5, 0.6) is 0 Å². The Morgan fingerprint density at radius 2 is 2.27 bits per heavy atom. The molecular weight excluding hydrogens is 190 g/mol. The largest absolute Gasteiger partial charge is 0.368 e. The van der Waals surface area contributed by atoms with Crippen molar-refractivity contribution in [1.29, 1.82) is 0 Å². The van der Waals surface area contributed by atoms with E-state index < -0.39 is 0 Å². The van der Waals surface area contributed by atoms with Gasteiger partial charge in [-0.2, -0.15) is 5.10 Å². The predicted octanol–water partition coefficient (Wildman–Crippen LogP) is 2.22. The third kappa shape index (κ3) is 3.38. The van der Waals surface area contributed by atoms with E-state index in [1.807, 2.05) is 7.05 Å². The molecule has 4 heteroatoms. The van der Waals surface area contributed by atoms with E-state index in [1.54, 1.807) is 17.8 Å². The number of unbranched alkanes of at least 4 members (excludes halogenated alkanes) is 2. The zero-order valence-electron chi connectivity index (χ0n) is 9.71. The van der Waals surface area contributed by atoms with Crippen molar-refractivity contribution in [3.05, 3.63) is 11.8 Å². The predicted molar refractivity (Wildman–Crippen MR) is 61.2 cm³/mol. The molecule has 1 heterocycles. The zero-order valence-corrected chi connectivity index (χ0v) is 9.71. The summed E-state index contributed by atoms with van der Waals surface area (Å²) in [7, 11) is 1.82. The molecule has 15 heavy (non-hydrogen) atoms. The lowest BCUT2D eigenvalue weighted by molar-refractivity contribution is 0.101. The van der Waals surface area contributed by atoms with Crippen molar-refractivity contribution in [2.75, 3.05) is 11.9 Å². The van der Waals surface area contributed by atoms with Gasteiger partial charge in [0.05, 0.1) is 5.56 Å². The van der Waals surface area contributed by atoms with Crippen LogP contribution in [0.1, 0.15) is 43.5 Å². The second kappa shape index (κ2) is 5.53. The third-order valence-electron chi connectivity index (χ3n) is 2.28. The van der Waals surface area contributed by atoms with Crippen LogP contribution < -0.4 is 5.32 Å². The van der Waals surface area contributed by atoms with E-state index in [-0.39, 0.29) is 5.78 Å². The molecule has 0 spiro atoms. The van der Waals surface area contributed by atoms with Gasteiger partial charge in [-0.3, -0.25) is 9.48 Å². The van der Waals surface area contributed by atoms with Crippen molar-refractivity contribution in [3.8, 4) is 0 Å². The number of nitrogens with one attached hydrogen (secondary N) is 1. The quantitative estimate of drug-likeness (QED) is 0.577. The molecule has 0 bridgehead atoms. The summed E-state index contributed by atoms with van der Waals surface area (Å²) in [5, 5.41) is 7.41. The fourth-order valence-corrected chi connectivity index (χ4v) is 1.46. The summed E-state index contributed by atoms with van der Waals surface area (Å²) in [5.74, 6) is 0.766. The fraction of sp³-hybridized carbons (Fsp3) is 0.636. The van der Waals surface area contributed by atoms with E-state index in [2.05, 4.69) is 17.3 Å². The van der Waals surface area contributed by atoms with Gasteiger partial charge >= 0.3 is 0 Å². The van der Waals surface area contributed by atoms with Gasteiger partial charge < -0.3 is 5.32 Å². The van der Waals surface area contributed by atoms with Crippen LogP contribution in [0, 0.1) is 0 Å². The van der Waals surface area contributed by atoms with E-state index in [0.29, 0.717) is 11.4 Å². The molecule has 4 nitrogen and oxygen atoms in total. The number of hydrogen-bond acceptors (Lipinski definition) is 3. The summed E-state index contributed by atoms with van der Waals surface area (Å²) >= 11 is 0. The molecular formula is C11H19N3O. The van der Waals surface area contributed by atoms with E-state index in [1.165, 1.54) is 12.8 Å². The summed E-state index contributed by atoms with van der Waals surface area (Å²) in [6.45, 7) is 4.61. The number of aryl methyl sites for hydroxylation is 1. The van der Waals surface area contributed by atoms with Crippen molar-refractivity contribution >= 4 is 11.6 Å². The zero-order chi connectivity index (χ0) is 11.3. The van der Waals surface area contributed by atoms with Crippen molar-refractivity contribution in [1.82, 2.24) is 9.78 Å². The van der Waals surface area contributed by atoms with E-state index in [4.69, 9.17) is 0 Å². The van der Waals surface area contributed by atoms with E-state index in [9.17, 15) is 4.79 Å². The molecule has 1 N–H and O–H groups in total. The topological polar surface area (TPSA) is 46.9 Å². The molecule has 0 saturated carbocycles. The smallest absolute Gasteiger partial charge is 0.165 e. The summed E-state index contributed by atoms with van der Waals surface area (Å²) in [6, 6.07) is 0. The minimum atomic E-state index is 0.0566. The van der Waals surface area contributed by atoms with Crippen LogP contribution in [0.15, 0.2) is 6.20 Å².